The second kappa shape index (κ2) is 12.1. The summed E-state index contributed by atoms with van der Waals surface area (Å²) in [4.78, 5) is 34.4. The molecule has 0 heterocycles. The first-order valence-electron chi connectivity index (χ1n) is 8.67. The molecule has 1 rings (SSSR count). The van der Waals surface area contributed by atoms with E-state index in [4.69, 9.17) is 9.47 Å². The fraction of sp³-hybridized carbons (Fsp3) is 0.550. The summed E-state index contributed by atoms with van der Waals surface area (Å²) < 4.78 is 9.96. The average molecular weight is 365 g/mol. The van der Waals surface area contributed by atoms with Gasteiger partial charge in [0.15, 0.2) is 5.78 Å². The SMILES string of the molecule is CC(C)(C)OC(=O)NCC(=O)CC(=O)OCc1ccccc1.CC(C)C. The summed E-state index contributed by atoms with van der Waals surface area (Å²) >= 11 is 0. The van der Waals surface area contributed by atoms with E-state index in [1.807, 2.05) is 30.3 Å². The monoisotopic (exact) mass is 365 g/mol. The first kappa shape index (κ1) is 23.6. The lowest BCUT2D eigenvalue weighted by molar-refractivity contribution is -0.147. The number of nitrogens with one attached hydrogen (secondary N) is 1. The first-order chi connectivity index (χ1) is 12.0. The number of hydrogen-bond donors (Lipinski definition) is 1. The molecule has 0 spiro atoms. The van der Waals surface area contributed by atoms with Gasteiger partial charge in [0.25, 0.3) is 0 Å². The van der Waals surface area contributed by atoms with Gasteiger partial charge >= 0.3 is 12.1 Å². The highest BCUT2D eigenvalue weighted by Gasteiger charge is 2.17. The Bertz CT molecular complexity index is 559. The van der Waals surface area contributed by atoms with Crippen molar-refractivity contribution < 1.29 is 23.9 Å². The second-order valence-corrected chi connectivity index (χ2v) is 7.45. The van der Waals surface area contributed by atoms with Gasteiger partial charge in [0.2, 0.25) is 0 Å². The molecule has 26 heavy (non-hydrogen) atoms. The molecule has 0 radical (unpaired) electrons. The number of hydrogen-bond acceptors (Lipinski definition) is 5. The molecule has 6 nitrogen and oxygen atoms in total. The normalized spacial score (nSPS) is 10.4. The summed E-state index contributed by atoms with van der Waals surface area (Å²) in [6.45, 7) is 11.5. The summed E-state index contributed by atoms with van der Waals surface area (Å²) in [5.41, 5.74) is 0.206. The van der Waals surface area contributed by atoms with Crippen LogP contribution in [0.25, 0.3) is 0 Å². The highest BCUT2D eigenvalue weighted by Crippen LogP contribution is 2.06. The topological polar surface area (TPSA) is 81.7 Å². The molecule has 0 aliphatic heterocycles. The molecule has 0 aromatic heterocycles. The molecular weight excluding hydrogens is 334 g/mol. The molecule has 0 atom stereocenters. The summed E-state index contributed by atoms with van der Waals surface area (Å²) in [7, 11) is 0. The van der Waals surface area contributed by atoms with Gasteiger partial charge in [-0.05, 0) is 32.3 Å². The molecule has 0 aliphatic rings. The minimum atomic E-state index is -0.696. The zero-order chi connectivity index (χ0) is 20.2. The Labute approximate surface area is 156 Å². The number of esters is 1. The van der Waals surface area contributed by atoms with Crippen molar-refractivity contribution in [2.45, 2.75) is 60.2 Å². The lowest BCUT2D eigenvalue weighted by atomic mass is 10.2. The highest BCUT2D eigenvalue weighted by atomic mass is 16.6. The van der Waals surface area contributed by atoms with Gasteiger partial charge in [-0.1, -0.05) is 51.1 Å². The number of Topliss-reactive ketones (excluding diaryl/α,β-unsaturated/α-hetero) is 1. The van der Waals surface area contributed by atoms with Crippen LogP contribution in [0.5, 0.6) is 0 Å². The number of ketones is 1. The van der Waals surface area contributed by atoms with Crippen molar-refractivity contribution in [3.63, 3.8) is 0 Å². The van der Waals surface area contributed by atoms with Crippen LogP contribution >= 0.6 is 0 Å². The summed E-state index contributed by atoms with van der Waals surface area (Å²) in [6.07, 6.45) is -1.08. The number of benzene rings is 1. The van der Waals surface area contributed by atoms with Gasteiger partial charge in [0.05, 0.1) is 6.54 Å². The van der Waals surface area contributed by atoms with Crippen molar-refractivity contribution in [2.24, 2.45) is 5.92 Å². The van der Waals surface area contributed by atoms with Crippen molar-refractivity contribution in [2.75, 3.05) is 6.54 Å². The lowest BCUT2D eigenvalue weighted by Gasteiger charge is -2.19. The Morgan fingerprint density at radius 2 is 1.58 bits per heavy atom. The average Bonchev–Trinajstić information content (AvgIpc) is 2.50. The van der Waals surface area contributed by atoms with Gasteiger partial charge in [0, 0.05) is 0 Å². The number of ether oxygens (including phenoxy) is 2. The molecule has 6 heteroatoms. The van der Waals surface area contributed by atoms with Crippen LogP contribution in [0, 0.1) is 5.92 Å². The third-order valence-corrected chi connectivity index (χ3v) is 2.41. The number of carbonyl (C=O) groups excluding carboxylic acids is 3. The maximum Gasteiger partial charge on any atom is 0.408 e. The van der Waals surface area contributed by atoms with Crippen molar-refractivity contribution in [1.29, 1.82) is 0 Å². The van der Waals surface area contributed by atoms with Crippen molar-refractivity contribution in [3.8, 4) is 0 Å². The van der Waals surface area contributed by atoms with E-state index in [1.165, 1.54) is 0 Å². The summed E-state index contributed by atoms with van der Waals surface area (Å²) in [5, 5.41) is 2.30. The van der Waals surface area contributed by atoms with Gasteiger partial charge in [-0.15, -0.1) is 0 Å². The van der Waals surface area contributed by atoms with E-state index >= 15 is 0 Å². The predicted octanol–water partition coefficient (Wildman–Crippen LogP) is 3.88. The van der Waals surface area contributed by atoms with Crippen molar-refractivity contribution >= 4 is 17.8 Å². The van der Waals surface area contributed by atoms with E-state index in [0.717, 1.165) is 11.5 Å². The van der Waals surface area contributed by atoms with Crippen LogP contribution in [0.1, 0.15) is 53.5 Å². The van der Waals surface area contributed by atoms with Crippen LogP contribution in [0.15, 0.2) is 30.3 Å². The Balaban J connectivity index is 0.00000141. The Hall–Kier alpha value is -2.37. The maximum absolute atomic E-state index is 11.6. The number of rotatable bonds is 6. The molecule has 0 aliphatic carbocycles. The number of carbonyl (C=O) groups is 3. The van der Waals surface area contributed by atoms with Crippen LogP contribution < -0.4 is 5.32 Å². The fourth-order valence-electron chi connectivity index (χ4n) is 1.50. The molecule has 1 aromatic rings. The molecular formula is C20H31NO5. The highest BCUT2D eigenvalue weighted by molar-refractivity contribution is 5.97. The molecule has 1 N–H and O–H groups in total. The van der Waals surface area contributed by atoms with Gasteiger partial charge in [-0.25, -0.2) is 4.79 Å². The minimum absolute atomic E-state index is 0.118. The van der Waals surface area contributed by atoms with Crippen LogP contribution in [-0.2, 0) is 25.7 Å². The number of alkyl carbamates (subject to hydrolysis) is 1. The quantitative estimate of drug-likeness (QED) is 0.611. The predicted molar refractivity (Wildman–Crippen MR) is 101 cm³/mol. The fourth-order valence-corrected chi connectivity index (χ4v) is 1.50. The standard InChI is InChI=1S/C16H21NO5.C4H10/c1-16(2,3)22-15(20)17-10-13(18)9-14(19)21-11-12-7-5-4-6-8-12;1-4(2)3/h4-8H,9-11H2,1-3H3,(H,17,20);4H,1-3H3. The van der Waals surface area contributed by atoms with Crippen LogP contribution in [0.2, 0.25) is 0 Å². The van der Waals surface area contributed by atoms with E-state index in [0.29, 0.717) is 0 Å². The molecule has 146 valence electrons. The molecule has 1 aromatic carbocycles. The zero-order valence-electron chi connectivity index (χ0n) is 16.6. The third kappa shape index (κ3) is 15.2. The van der Waals surface area contributed by atoms with E-state index in [9.17, 15) is 14.4 Å². The molecule has 0 bridgehead atoms. The molecule has 0 fully saturated rings. The van der Waals surface area contributed by atoms with Crippen LogP contribution in [0.3, 0.4) is 0 Å². The first-order valence-corrected chi connectivity index (χ1v) is 8.67. The van der Waals surface area contributed by atoms with Crippen LogP contribution in [-0.4, -0.2) is 30.0 Å². The Kier molecular flexibility index (Phi) is 11.0. The molecule has 0 saturated heterocycles. The zero-order valence-corrected chi connectivity index (χ0v) is 16.6. The van der Waals surface area contributed by atoms with E-state index in [2.05, 4.69) is 26.1 Å². The van der Waals surface area contributed by atoms with Crippen molar-refractivity contribution in [1.82, 2.24) is 5.32 Å². The second-order valence-electron chi connectivity index (χ2n) is 7.45. The maximum atomic E-state index is 11.6. The summed E-state index contributed by atoms with van der Waals surface area (Å²) in [6, 6.07) is 9.16. The third-order valence-electron chi connectivity index (χ3n) is 2.41. The lowest BCUT2D eigenvalue weighted by Crippen LogP contribution is -2.36. The molecule has 0 saturated carbocycles. The Morgan fingerprint density at radius 1 is 1.04 bits per heavy atom. The summed E-state index contributed by atoms with van der Waals surface area (Å²) in [5.74, 6) is -0.233. The Morgan fingerprint density at radius 3 is 2.08 bits per heavy atom. The minimum Gasteiger partial charge on any atom is -0.460 e. The van der Waals surface area contributed by atoms with Gasteiger partial charge in [-0.2, -0.15) is 0 Å². The molecule has 0 unspecified atom stereocenters. The van der Waals surface area contributed by atoms with Gasteiger partial charge in [-0.3, -0.25) is 9.59 Å². The smallest absolute Gasteiger partial charge is 0.408 e. The number of amides is 1. The van der Waals surface area contributed by atoms with Crippen molar-refractivity contribution in [3.05, 3.63) is 35.9 Å². The largest absolute Gasteiger partial charge is 0.460 e. The van der Waals surface area contributed by atoms with Crippen LogP contribution in [0.4, 0.5) is 4.79 Å². The van der Waals surface area contributed by atoms with Gasteiger partial charge in [0.1, 0.15) is 18.6 Å². The van der Waals surface area contributed by atoms with Gasteiger partial charge < -0.3 is 14.8 Å². The van der Waals surface area contributed by atoms with E-state index in [1.54, 1.807) is 20.8 Å². The van der Waals surface area contributed by atoms with E-state index < -0.39 is 23.4 Å². The van der Waals surface area contributed by atoms with E-state index in [-0.39, 0.29) is 19.6 Å². The molecule has 1 amide bonds.